The second-order valence-corrected chi connectivity index (χ2v) is 6.49. The van der Waals surface area contributed by atoms with Crippen LogP contribution in [-0.2, 0) is 6.42 Å². The Morgan fingerprint density at radius 2 is 1.88 bits per heavy atom. The monoisotopic (exact) mass is 356 g/mol. The first-order valence-corrected chi connectivity index (χ1v) is 9.10. The van der Waals surface area contributed by atoms with Gasteiger partial charge in [-0.3, -0.25) is 9.78 Å². The molecule has 0 aliphatic carbocycles. The number of halogens is 1. The van der Waals surface area contributed by atoms with Gasteiger partial charge < -0.3 is 15.1 Å². The number of carbonyl (C=O) groups is 1. The summed E-state index contributed by atoms with van der Waals surface area (Å²) in [6.07, 6.45) is 4.08. The van der Waals surface area contributed by atoms with Crippen LogP contribution in [0.5, 0.6) is 0 Å². The minimum Gasteiger partial charge on any atom is -0.368 e. The number of anilines is 1. The first-order valence-electron chi connectivity index (χ1n) is 9.10. The summed E-state index contributed by atoms with van der Waals surface area (Å²) in [5.41, 5.74) is 2.55. The Balaban J connectivity index is 1.53. The Morgan fingerprint density at radius 3 is 2.58 bits per heavy atom. The molecule has 3 rings (SSSR count). The van der Waals surface area contributed by atoms with Gasteiger partial charge in [0, 0.05) is 38.9 Å². The summed E-state index contributed by atoms with van der Waals surface area (Å²) in [6, 6.07) is 8.24. The fourth-order valence-corrected chi connectivity index (χ4v) is 3.12. The lowest BCUT2D eigenvalue weighted by atomic mass is 10.1. The largest absolute Gasteiger partial charge is 0.368 e. The summed E-state index contributed by atoms with van der Waals surface area (Å²) in [5.74, 6) is -0.380. The van der Waals surface area contributed by atoms with Crippen molar-refractivity contribution in [1.29, 1.82) is 0 Å². The molecule has 0 radical (unpaired) electrons. The average molecular weight is 356 g/mol. The van der Waals surface area contributed by atoms with E-state index in [1.54, 1.807) is 18.3 Å². The molecule has 2 aromatic rings. The number of carbonyl (C=O) groups excluding carboxylic acids is 1. The van der Waals surface area contributed by atoms with E-state index in [4.69, 9.17) is 0 Å². The highest BCUT2D eigenvalue weighted by atomic mass is 19.1. The van der Waals surface area contributed by atoms with Crippen LogP contribution in [0.2, 0.25) is 0 Å². The van der Waals surface area contributed by atoms with E-state index in [0.29, 0.717) is 18.5 Å². The van der Waals surface area contributed by atoms with E-state index in [-0.39, 0.29) is 11.7 Å². The second-order valence-electron chi connectivity index (χ2n) is 6.49. The molecule has 1 fully saturated rings. The molecule has 0 unspecified atom stereocenters. The van der Waals surface area contributed by atoms with E-state index in [0.717, 1.165) is 44.0 Å². The molecule has 1 amide bonds. The van der Waals surface area contributed by atoms with Gasteiger partial charge in [0.2, 0.25) is 0 Å². The number of amides is 1. The highest BCUT2D eigenvalue weighted by Gasteiger charge is 2.17. The van der Waals surface area contributed by atoms with E-state index in [9.17, 15) is 9.18 Å². The molecule has 0 spiro atoms. The van der Waals surface area contributed by atoms with Crippen molar-refractivity contribution >= 4 is 11.6 Å². The molecule has 1 aromatic carbocycles. The van der Waals surface area contributed by atoms with Crippen LogP contribution in [0.25, 0.3) is 0 Å². The van der Waals surface area contributed by atoms with Gasteiger partial charge in [-0.15, -0.1) is 0 Å². The molecule has 1 saturated heterocycles. The number of aromatic nitrogens is 1. The molecule has 26 heavy (non-hydrogen) atoms. The molecule has 6 heteroatoms. The van der Waals surface area contributed by atoms with Crippen molar-refractivity contribution in [2.75, 3.05) is 44.2 Å². The minimum absolute atomic E-state index is 0.131. The Bertz CT molecular complexity index is 727. The number of rotatable bonds is 6. The van der Waals surface area contributed by atoms with E-state index >= 15 is 0 Å². The quantitative estimate of drug-likeness (QED) is 0.863. The molecule has 0 atom stereocenters. The van der Waals surface area contributed by atoms with Gasteiger partial charge in [-0.2, -0.15) is 0 Å². The van der Waals surface area contributed by atoms with Gasteiger partial charge in [0.15, 0.2) is 0 Å². The number of benzene rings is 1. The third-order valence-electron chi connectivity index (χ3n) is 4.78. The summed E-state index contributed by atoms with van der Waals surface area (Å²) >= 11 is 0. The lowest BCUT2D eigenvalue weighted by Crippen LogP contribution is -2.46. The topological polar surface area (TPSA) is 48.5 Å². The molecular formula is C20H25FN4O. The lowest BCUT2D eigenvalue weighted by Gasteiger charge is -2.35. The smallest absolute Gasteiger partial charge is 0.252 e. The predicted molar refractivity (Wildman–Crippen MR) is 101 cm³/mol. The van der Waals surface area contributed by atoms with Gasteiger partial charge in [-0.25, -0.2) is 4.39 Å². The van der Waals surface area contributed by atoms with E-state index in [1.807, 2.05) is 12.3 Å². The van der Waals surface area contributed by atoms with E-state index < -0.39 is 0 Å². The minimum atomic E-state index is -0.250. The predicted octanol–water partition coefficient (Wildman–Crippen LogP) is 2.34. The van der Waals surface area contributed by atoms with Crippen LogP contribution in [-0.4, -0.2) is 55.1 Å². The number of nitrogens with zero attached hydrogens (tertiary/aromatic N) is 3. The summed E-state index contributed by atoms with van der Waals surface area (Å²) in [4.78, 5) is 21.3. The van der Waals surface area contributed by atoms with Crippen LogP contribution < -0.4 is 10.2 Å². The average Bonchev–Trinajstić information content (AvgIpc) is 2.69. The number of likely N-dealkylation sites (N-methyl/N-ethyl adjacent to an activating group) is 1. The highest BCUT2D eigenvalue weighted by Crippen LogP contribution is 2.17. The third kappa shape index (κ3) is 4.79. The standard InChI is InChI=1S/C20H25FN4O/c1-2-24-9-11-25(12-10-24)19-13-17(14-22-15-19)20(26)23-8-7-16-3-5-18(21)6-4-16/h3-6,13-15H,2,7-12H2,1H3,(H,23,26). The van der Waals surface area contributed by atoms with Gasteiger partial charge in [0.05, 0.1) is 17.4 Å². The molecule has 1 aliphatic heterocycles. The van der Waals surface area contributed by atoms with Crippen LogP contribution in [0, 0.1) is 5.82 Å². The summed E-state index contributed by atoms with van der Waals surface area (Å²) in [6.45, 7) is 7.71. The Labute approximate surface area is 153 Å². The van der Waals surface area contributed by atoms with Crippen LogP contribution in [0.4, 0.5) is 10.1 Å². The normalized spacial score (nSPS) is 15.1. The van der Waals surface area contributed by atoms with Crippen LogP contribution in [0.1, 0.15) is 22.8 Å². The molecule has 0 bridgehead atoms. The zero-order valence-corrected chi connectivity index (χ0v) is 15.1. The van der Waals surface area contributed by atoms with E-state index in [1.165, 1.54) is 12.1 Å². The molecule has 138 valence electrons. The molecule has 2 heterocycles. The molecule has 0 saturated carbocycles. The van der Waals surface area contributed by atoms with Crippen molar-refractivity contribution in [3.63, 3.8) is 0 Å². The Kier molecular flexibility index (Phi) is 6.17. The first kappa shape index (κ1) is 18.3. The van der Waals surface area contributed by atoms with Gasteiger partial charge >= 0.3 is 0 Å². The summed E-state index contributed by atoms with van der Waals surface area (Å²) in [5, 5.41) is 2.91. The van der Waals surface area contributed by atoms with Crippen molar-refractivity contribution in [3.8, 4) is 0 Å². The maximum absolute atomic E-state index is 12.9. The SMILES string of the molecule is CCN1CCN(c2cncc(C(=O)NCCc3ccc(F)cc3)c2)CC1. The second kappa shape index (κ2) is 8.76. The Morgan fingerprint density at radius 1 is 1.15 bits per heavy atom. The van der Waals surface area contributed by atoms with Crippen LogP contribution in [0.3, 0.4) is 0 Å². The first-order chi connectivity index (χ1) is 12.7. The molecule has 1 aromatic heterocycles. The zero-order chi connectivity index (χ0) is 18.4. The number of nitrogens with one attached hydrogen (secondary N) is 1. The third-order valence-corrected chi connectivity index (χ3v) is 4.78. The maximum atomic E-state index is 12.9. The van der Waals surface area contributed by atoms with Crippen molar-refractivity contribution < 1.29 is 9.18 Å². The zero-order valence-electron chi connectivity index (χ0n) is 15.1. The maximum Gasteiger partial charge on any atom is 0.252 e. The Hall–Kier alpha value is -2.47. The number of pyridine rings is 1. The number of hydrogen-bond donors (Lipinski definition) is 1. The molecular weight excluding hydrogens is 331 g/mol. The summed E-state index contributed by atoms with van der Waals surface area (Å²) in [7, 11) is 0. The lowest BCUT2D eigenvalue weighted by molar-refractivity contribution is 0.0954. The molecule has 5 nitrogen and oxygen atoms in total. The summed E-state index contributed by atoms with van der Waals surface area (Å²) < 4.78 is 12.9. The van der Waals surface area contributed by atoms with Crippen molar-refractivity contribution in [3.05, 3.63) is 59.7 Å². The van der Waals surface area contributed by atoms with E-state index in [2.05, 4.69) is 27.0 Å². The van der Waals surface area contributed by atoms with Gasteiger partial charge in [0.1, 0.15) is 5.82 Å². The van der Waals surface area contributed by atoms with Crippen LogP contribution >= 0.6 is 0 Å². The van der Waals surface area contributed by atoms with Gasteiger partial charge in [-0.1, -0.05) is 19.1 Å². The molecule has 1 aliphatic rings. The molecule has 1 N–H and O–H groups in total. The fraction of sp³-hybridized carbons (Fsp3) is 0.400. The highest BCUT2D eigenvalue weighted by molar-refractivity contribution is 5.94. The van der Waals surface area contributed by atoms with Crippen molar-refractivity contribution in [1.82, 2.24) is 15.2 Å². The van der Waals surface area contributed by atoms with Crippen molar-refractivity contribution in [2.45, 2.75) is 13.3 Å². The van der Waals surface area contributed by atoms with Gasteiger partial charge in [-0.05, 0) is 36.7 Å². The van der Waals surface area contributed by atoms with Gasteiger partial charge in [0.25, 0.3) is 5.91 Å². The van der Waals surface area contributed by atoms with Crippen LogP contribution in [0.15, 0.2) is 42.7 Å². The fourth-order valence-electron chi connectivity index (χ4n) is 3.12. The van der Waals surface area contributed by atoms with Crippen molar-refractivity contribution in [2.24, 2.45) is 0 Å². The number of piperazine rings is 1. The number of hydrogen-bond acceptors (Lipinski definition) is 4.